The summed E-state index contributed by atoms with van der Waals surface area (Å²) in [6.45, 7) is 5.44. The first-order valence-corrected chi connectivity index (χ1v) is 6.58. The highest BCUT2D eigenvalue weighted by Gasteiger charge is 2.19. The van der Waals surface area contributed by atoms with E-state index in [0.29, 0.717) is 36.5 Å². The summed E-state index contributed by atoms with van der Waals surface area (Å²) < 4.78 is 12.5. The van der Waals surface area contributed by atoms with Crippen LogP contribution in [0.2, 0.25) is 0 Å². The predicted molar refractivity (Wildman–Crippen MR) is 76.7 cm³/mol. The van der Waals surface area contributed by atoms with Crippen molar-refractivity contribution in [1.29, 1.82) is 0 Å². The number of rotatable bonds is 6. The Morgan fingerprint density at radius 1 is 1.40 bits per heavy atom. The molecule has 0 fully saturated rings. The average Bonchev–Trinajstić information content (AvgIpc) is 2.68. The molecule has 2 aromatic rings. The molecule has 1 heterocycles. The highest BCUT2D eigenvalue weighted by atomic mass is 16.5. The van der Waals surface area contributed by atoms with Crippen LogP contribution < -0.4 is 4.74 Å². The van der Waals surface area contributed by atoms with Crippen LogP contribution in [0.25, 0.3) is 10.9 Å². The Bertz CT molecular complexity index is 630. The highest BCUT2D eigenvalue weighted by Crippen LogP contribution is 2.29. The van der Waals surface area contributed by atoms with Gasteiger partial charge in [0, 0.05) is 30.3 Å². The summed E-state index contributed by atoms with van der Waals surface area (Å²) in [6.07, 6.45) is 0. The van der Waals surface area contributed by atoms with Crippen LogP contribution in [-0.2, 0) is 11.3 Å². The van der Waals surface area contributed by atoms with Gasteiger partial charge in [0.05, 0.1) is 18.8 Å². The lowest BCUT2D eigenvalue weighted by atomic mass is 10.1. The van der Waals surface area contributed by atoms with Crippen molar-refractivity contribution >= 4 is 16.9 Å². The molecule has 5 nitrogen and oxygen atoms in total. The summed E-state index contributed by atoms with van der Waals surface area (Å²) >= 11 is 0. The quantitative estimate of drug-likeness (QED) is 0.882. The second-order valence-electron chi connectivity index (χ2n) is 4.52. The fourth-order valence-corrected chi connectivity index (χ4v) is 2.46. The van der Waals surface area contributed by atoms with E-state index >= 15 is 0 Å². The summed E-state index contributed by atoms with van der Waals surface area (Å²) in [6, 6.07) is 5.55. The summed E-state index contributed by atoms with van der Waals surface area (Å²) in [7, 11) is 1.63. The van der Waals surface area contributed by atoms with Gasteiger partial charge in [-0.2, -0.15) is 0 Å². The minimum Gasteiger partial charge on any atom is -0.494 e. The molecule has 0 unspecified atom stereocenters. The minimum absolute atomic E-state index is 0.331. The van der Waals surface area contributed by atoms with Gasteiger partial charge in [-0.25, -0.2) is 4.79 Å². The zero-order chi connectivity index (χ0) is 14.7. The van der Waals surface area contributed by atoms with E-state index in [1.54, 1.807) is 13.2 Å². The van der Waals surface area contributed by atoms with Gasteiger partial charge in [-0.3, -0.25) is 0 Å². The third kappa shape index (κ3) is 2.49. The molecule has 0 spiro atoms. The van der Waals surface area contributed by atoms with Crippen LogP contribution in [0, 0.1) is 6.92 Å². The largest absolute Gasteiger partial charge is 0.494 e. The third-order valence-corrected chi connectivity index (χ3v) is 3.34. The van der Waals surface area contributed by atoms with Gasteiger partial charge in [0.25, 0.3) is 0 Å². The number of carboxylic acid groups (broad SMARTS) is 1. The Hall–Kier alpha value is -2.01. The smallest absolute Gasteiger partial charge is 0.338 e. The topological polar surface area (TPSA) is 60.7 Å². The standard InChI is InChI=1S/C15H19NO4/c1-4-20-11-5-6-13-12(9-11)14(15(17)18)10(2)16(13)7-8-19-3/h5-6,9H,4,7-8H2,1-3H3,(H,17,18). The lowest BCUT2D eigenvalue weighted by Crippen LogP contribution is -2.07. The Balaban J connectivity index is 2.62. The van der Waals surface area contributed by atoms with E-state index < -0.39 is 5.97 Å². The number of fused-ring (bicyclic) bond motifs is 1. The van der Waals surface area contributed by atoms with Crippen molar-refractivity contribution < 1.29 is 19.4 Å². The van der Waals surface area contributed by atoms with Gasteiger partial charge in [-0.1, -0.05) is 0 Å². The fourth-order valence-electron chi connectivity index (χ4n) is 2.46. The molecule has 1 aromatic heterocycles. The summed E-state index contributed by atoms with van der Waals surface area (Å²) in [5.41, 5.74) is 1.95. The molecule has 0 aliphatic heterocycles. The van der Waals surface area contributed by atoms with Crippen molar-refractivity contribution in [2.75, 3.05) is 20.3 Å². The van der Waals surface area contributed by atoms with Crippen LogP contribution in [0.15, 0.2) is 18.2 Å². The van der Waals surface area contributed by atoms with Crippen LogP contribution >= 0.6 is 0 Å². The number of aromatic nitrogens is 1. The minimum atomic E-state index is -0.919. The molecule has 108 valence electrons. The van der Waals surface area contributed by atoms with Crippen molar-refractivity contribution in [3.05, 3.63) is 29.5 Å². The molecular formula is C15H19NO4. The summed E-state index contributed by atoms with van der Waals surface area (Å²) in [5.74, 6) is -0.233. The first kappa shape index (κ1) is 14.4. The SMILES string of the molecule is CCOc1ccc2c(c1)c(C(=O)O)c(C)n2CCOC. The first-order chi connectivity index (χ1) is 9.60. The number of hydrogen-bond donors (Lipinski definition) is 1. The van der Waals surface area contributed by atoms with Gasteiger partial charge in [-0.05, 0) is 32.0 Å². The molecule has 20 heavy (non-hydrogen) atoms. The van der Waals surface area contributed by atoms with E-state index in [0.717, 1.165) is 11.2 Å². The molecule has 2 rings (SSSR count). The molecule has 0 radical (unpaired) electrons. The molecule has 0 aliphatic carbocycles. The van der Waals surface area contributed by atoms with Crippen molar-refractivity contribution in [3.63, 3.8) is 0 Å². The maximum absolute atomic E-state index is 11.5. The van der Waals surface area contributed by atoms with Gasteiger partial charge >= 0.3 is 5.97 Å². The first-order valence-electron chi connectivity index (χ1n) is 6.58. The Kier molecular flexibility index (Phi) is 4.29. The molecule has 0 amide bonds. The van der Waals surface area contributed by atoms with E-state index in [1.165, 1.54) is 0 Å². The number of hydrogen-bond acceptors (Lipinski definition) is 3. The molecule has 0 bridgehead atoms. The fraction of sp³-hybridized carbons (Fsp3) is 0.400. The second kappa shape index (κ2) is 5.96. The van der Waals surface area contributed by atoms with Gasteiger partial charge in [0.1, 0.15) is 5.75 Å². The Morgan fingerprint density at radius 2 is 2.15 bits per heavy atom. The van der Waals surface area contributed by atoms with Gasteiger partial charge in [-0.15, -0.1) is 0 Å². The second-order valence-corrected chi connectivity index (χ2v) is 4.52. The van der Waals surface area contributed by atoms with Crippen molar-refractivity contribution in [2.45, 2.75) is 20.4 Å². The van der Waals surface area contributed by atoms with E-state index in [9.17, 15) is 9.90 Å². The van der Waals surface area contributed by atoms with E-state index in [-0.39, 0.29) is 0 Å². The van der Waals surface area contributed by atoms with E-state index in [1.807, 2.05) is 30.5 Å². The lowest BCUT2D eigenvalue weighted by Gasteiger charge is -2.08. The maximum atomic E-state index is 11.5. The molecule has 1 N–H and O–H groups in total. The molecule has 0 aliphatic rings. The Labute approximate surface area is 117 Å². The molecule has 5 heteroatoms. The number of carbonyl (C=O) groups is 1. The number of benzene rings is 1. The van der Waals surface area contributed by atoms with Crippen LogP contribution in [0.3, 0.4) is 0 Å². The molecule has 1 aromatic carbocycles. The van der Waals surface area contributed by atoms with Crippen LogP contribution in [0.4, 0.5) is 0 Å². The zero-order valence-corrected chi connectivity index (χ0v) is 12.0. The van der Waals surface area contributed by atoms with Gasteiger partial charge < -0.3 is 19.1 Å². The third-order valence-electron chi connectivity index (χ3n) is 3.34. The number of ether oxygens (including phenoxy) is 2. The lowest BCUT2D eigenvalue weighted by molar-refractivity contribution is 0.0697. The monoisotopic (exact) mass is 277 g/mol. The molecule has 0 saturated heterocycles. The molecule has 0 atom stereocenters. The van der Waals surface area contributed by atoms with Gasteiger partial charge in [0.2, 0.25) is 0 Å². The normalized spacial score (nSPS) is 10.9. The number of aromatic carboxylic acids is 1. The van der Waals surface area contributed by atoms with Crippen molar-refractivity contribution in [1.82, 2.24) is 4.57 Å². The number of nitrogens with zero attached hydrogens (tertiary/aromatic N) is 1. The predicted octanol–water partition coefficient (Wildman–Crippen LogP) is 2.69. The van der Waals surface area contributed by atoms with Crippen LogP contribution in [0.1, 0.15) is 23.0 Å². The maximum Gasteiger partial charge on any atom is 0.338 e. The van der Waals surface area contributed by atoms with Gasteiger partial charge in [0.15, 0.2) is 0 Å². The summed E-state index contributed by atoms with van der Waals surface area (Å²) in [4.78, 5) is 11.5. The van der Waals surface area contributed by atoms with Crippen LogP contribution in [0.5, 0.6) is 5.75 Å². The average molecular weight is 277 g/mol. The molecule has 0 saturated carbocycles. The number of carboxylic acids is 1. The van der Waals surface area contributed by atoms with E-state index in [4.69, 9.17) is 9.47 Å². The van der Waals surface area contributed by atoms with Crippen LogP contribution in [-0.4, -0.2) is 36.0 Å². The molecular weight excluding hydrogens is 258 g/mol. The zero-order valence-electron chi connectivity index (χ0n) is 12.0. The van der Waals surface area contributed by atoms with Crippen molar-refractivity contribution in [3.8, 4) is 5.75 Å². The summed E-state index contributed by atoms with van der Waals surface area (Å²) in [5, 5.41) is 10.1. The Morgan fingerprint density at radius 3 is 2.75 bits per heavy atom. The van der Waals surface area contributed by atoms with E-state index in [2.05, 4.69) is 0 Å². The highest BCUT2D eigenvalue weighted by molar-refractivity contribution is 6.05. The van der Waals surface area contributed by atoms with Crippen molar-refractivity contribution in [2.24, 2.45) is 0 Å². The number of methoxy groups -OCH3 is 1.